The first-order valence-electron chi connectivity index (χ1n) is 5.43. The average Bonchev–Trinajstić information content (AvgIpc) is 2.24. The molecule has 0 aromatic heterocycles. The van der Waals surface area contributed by atoms with E-state index < -0.39 is 6.10 Å². The van der Waals surface area contributed by atoms with Crippen LogP contribution in [0.15, 0.2) is 27.1 Å². The van der Waals surface area contributed by atoms with E-state index in [0.29, 0.717) is 6.54 Å². The molecular weight excluding hydrogens is 334 g/mol. The molecule has 1 aromatic carbocycles. The second kappa shape index (κ2) is 6.74. The number of halogens is 2. The van der Waals surface area contributed by atoms with Crippen molar-refractivity contribution in [1.29, 1.82) is 0 Å². The number of aliphatic hydroxyl groups is 1. The molecule has 0 bridgehead atoms. The summed E-state index contributed by atoms with van der Waals surface area (Å²) in [5, 5.41) is 10.1. The Balaban J connectivity index is 2.75. The van der Waals surface area contributed by atoms with Crippen LogP contribution in [-0.2, 0) is 0 Å². The Labute approximate surface area is 114 Å². The highest BCUT2D eigenvalue weighted by atomic mass is 79.9. The van der Waals surface area contributed by atoms with Crippen molar-refractivity contribution in [3.05, 3.63) is 32.7 Å². The van der Waals surface area contributed by atoms with Crippen LogP contribution < -0.4 is 0 Å². The van der Waals surface area contributed by atoms with Gasteiger partial charge in [0.15, 0.2) is 0 Å². The number of aliphatic hydroxyl groups excluding tert-OH is 1. The molecule has 1 aromatic rings. The van der Waals surface area contributed by atoms with Gasteiger partial charge in [-0.05, 0) is 36.9 Å². The third-order valence-corrected chi connectivity index (χ3v) is 3.51. The van der Waals surface area contributed by atoms with Crippen LogP contribution in [0.3, 0.4) is 0 Å². The summed E-state index contributed by atoms with van der Waals surface area (Å²) in [5.74, 6) is 0. The lowest BCUT2D eigenvalue weighted by Gasteiger charge is -2.22. The maximum Gasteiger partial charge on any atom is 0.0917 e. The van der Waals surface area contributed by atoms with Gasteiger partial charge in [0, 0.05) is 15.5 Å². The molecule has 0 saturated heterocycles. The van der Waals surface area contributed by atoms with Crippen molar-refractivity contribution in [1.82, 2.24) is 4.90 Å². The monoisotopic (exact) mass is 349 g/mol. The zero-order valence-corrected chi connectivity index (χ0v) is 12.8. The third-order valence-electron chi connectivity index (χ3n) is 2.60. The Morgan fingerprint density at radius 2 is 1.62 bits per heavy atom. The molecule has 1 atom stereocenters. The Bertz CT molecular complexity index is 320. The molecule has 0 spiro atoms. The van der Waals surface area contributed by atoms with Crippen LogP contribution in [0.1, 0.15) is 25.5 Å². The molecule has 2 nitrogen and oxygen atoms in total. The van der Waals surface area contributed by atoms with E-state index in [9.17, 15) is 5.11 Å². The topological polar surface area (TPSA) is 23.5 Å². The molecule has 0 aliphatic rings. The van der Waals surface area contributed by atoms with Gasteiger partial charge in [0.05, 0.1) is 6.10 Å². The molecule has 0 heterocycles. The lowest BCUT2D eigenvalue weighted by molar-refractivity contribution is 0.119. The largest absolute Gasteiger partial charge is 0.387 e. The van der Waals surface area contributed by atoms with Crippen LogP contribution in [0.5, 0.6) is 0 Å². The molecule has 0 saturated carbocycles. The summed E-state index contributed by atoms with van der Waals surface area (Å²) in [4.78, 5) is 2.21. The van der Waals surface area contributed by atoms with Crippen molar-refractivity contribution in [3.8, 4) is 0 Å². The summed E-state index contributed by atoms with van der Waals surface area (Å²) in [5.41, 5.74) is 0.938. The first-order chi connectivity index (χ1) is 7.56. The van der Waals surface area contributed by atoms with Crippen molar-refractivity contribution in [2.75, 3.05) is 19.6 Å². The normalized spacial score (nSPS) is 13.1. The summed E-state index contributed by atoms with van der Waals surface area (Å²) >= 11 is 6.85. The average molecular weight is 351 g/mol. The number of benzene rings is 1. The lowest BCUT2D eigenvalue weighted by Crippen LogP contribution is -2.28. The van der Waals surface area contributed by atoms with Gasteiger partial charge in [-0.25, -0.2) is 0 Å². The number of likely N-dealkylation sites (N-methyl/N-ethyl adjacent to an activating group) is 1. The number of hydrogen-bond donors (Lipinski definition) is 1. The summed E-state index contributed by atoms with van der Waals surface area (Å²) in [7, 11) is 0. The predicted molar refractivity (Wildman–Crippen MR) is 74.6 cm³/mol. The Morgan fingerprint density at radius 1 is 1.12 bits per heavy atom. The van der Waals surface area contributed by atoms with Crippen LogP contribution in [0.25, 0.3) is 0 Å². The Kier molecular flexibility index (Phi) is 5.97. The molecule has 0 unspecified atom stereocenters. The zero-order chi connectivity index (χ0) is 12.1. The molecule has 0 radical (unpaired) electrons. The number of rotatable bonds is 5. The van der Waals surface area contributed by atoms with Gasteiger partial charge < -0.3 is 10.0 Å². The van der Waals surface area contributed by atoms with Crippen LogP contribution in [-0.4, -0.2) is 29.6 Å². The summed E-state index contributed by atoms with van der Waals surface area (Å²) in [6.45, 7) is 6.81. The van der Waals surface area contributed by atoms with Gasteiger partial charge in [-0.3, -0.25) is 0 Å². The van der Waals surface area contributed by atoms with E-state index in [1.807, 2.05) is 18.2 Å². The Morgan fingerprint density at radius 3 is 2.06 bits per heavy atom. The first kappa shape index (κ1) is 14.2. The van der Waals surface area contributed by atoms with Crippen molar-refractivity contribution < 1.29 is 5.11 Å². The SMILES string of the molecule is CCN(CC)C[C@@H](O)c1cc(Br)cc(Br)c1. The summed E-state index contributed by atoms with van der Waals surface area (Å²) < 4.78 is 1.96. The highest BCUT2D eigenvalue weighted by Crippen LogP contribution is 2.24. The number of hydrogen-bond acceptors (Lipinski definition) is 2. The van der Waals surface area contributed by atoms with E-state index in [4.69, 9.17) is 0 Å². The van der Waals surface area contributed by atoms with Gasteiger partial charge in [-0.1, -0.05) is 45.7 Å². The minimum atomic E-state index is -0.436. The maximum atomic E-state index is 10.1. The fourth-order valence-corrected chi connectivity index (χ4v) is 2.93. The summed E-state index contributed by atoms with van der Waals surface area (Å²) in [6, 6.07) is 5.88. The molecule has 0 aliphatic carbocycles. The van der Waals surface area contributed by atoms with E-state index in [-0.39, 0.29) is 0 Å². The fraction of sp³-hybridized carbons (Fsp3) is 0.500. The number of nitrogens with zero attached hydrogens (tertiary/aromatic N) is 1. The maximum absolute atomic E-state index is 10.1. The molecule has 16 heavy (non-hydrogen) atoms. The van der Waals surface area contributed by atoms with Crippen molar-refractivity contribution >= 4 is 31.9 Å². The lowest BCUT2D eigenvalue weighted by atomic mass is 10.1. The van der Waals surface area contributed by atoms with Gasteiger partial charge in [-0.2, -0.15) is 0 Å². The molecule has 1 rings (SSSR count). The van der Waals surface area contributed by atoms with E-state index in [2.05, 4.69) is 50.6 Å². The molecule has 0 aliphatic heterocycles. The van der Waals surface area contributed by atoms with Gasteiger partial charge in [0.25, 0.3) is 0 Å². The third kappa shape index (κ3) is 4.17. The van der Waals surface area contributed by atoms with Gasteiger partial charge in [-0.15, -0.1) is 0 Å². The van der Waals surface area contributed by atoms with E-state index >= 15 is 0 Å². The van der Waals surface area contributed by atoms with Gasteiger partial charge >= 0.3 is 0 Å². The van der Waals surface area contributed by atoms with Crippen molar-refractivity contribution in [2.24, 2.45) is 0 Å². The highest BCUT2D eigenvalue weighted by Gasteiger charge is 2.12. The van der Waals surface area contributed by atoms with E-state index in [0.717, 1.165) is 27.6 Å². The minimum absolute atomic E-state index is 0.436. The second-order valence-corrected chi connectivity index (χ2v) is 5.54. The van der Waals surface area contributed by atoms with Crippen LogP contribution >= 0.6 is 31.9 Å². The standard InChI is InChI=1S/C12H17Br2NO/c1-3-15(4-2)8-12(16)9-5-10(13)7-11(14)6-9/h5-7,12,16H,3-4,8H2,1-2H3/t12-/m1/s1. The smallest absolute Gasteiger partial charge is 0.0917 e. The zero-order valence-electron chi connectivity index (χ0n) is 9.58. The van der Waals surface area contributed by atoms with Crippen LogP contribution in [0, 0.1) is 0 Å². The molecule has 1 N–H and O–H groups in total. The quantitative estimate of drug-likeness (QED) is 0.877. The van der Waals surface area contributed by atoms with E-state index in [1.54, 1.807) is 0 Å². The van der Waals surface area contributed by atoms with Crippen molar-refractivity contribution in [3.63, 3.8) is 0 Å². The summed E-state index contributed by atoms with van der Waals surface area (Å²) in [6.07, 6.45) is -0.436. The molecule has 4 heteroatoms. The first-order valence-corrected chi connectivity index (χ1v) is 7.01. The second-order valence-electron chi connectivity index (χ2n) is 3.70. The molecule has 0 fully saturated rings. The van der Waals surface area contributed by atoms with Crippen LogP contribution in [0.4, 0.5) is 0 Å². The minimum Gasteiger partial charge on any atom is -0.387 e. The van der Waals surface area contributed by atoms with Gasteiger partial charge in [0.1, 0.15) is 0 Å². The van der Waals surface area contributed by atoms with Crippen molar-refractivity contribution in [2.45, 2.75) is 20.0 Å². The molecule has 90 valence electrons. The van der Waals surface area contributed by atoms with Crippen LogP contribution in [0.2, 0.25) is 0 Å². The molecule has 0 amide bonds. The van der Waals surface area contributed by atoms with E-state index in [1.165, 1.54) is 0 Å². The fourth-order valence-electron chi connectivity index (χ4n) is 1.60. The van der Waals surface area contributed by atoms with Gasteiger partial charge in [0.2, 0.25) is 0 Å². The highest BCUT2D eigenvalue weighted by molar-refractivity contribution is 9.11. The Hall–Kier alpha value is 0.1000. The predicted octanol–water partition coefficient (Wildman–Crippen LogP) is 3.59. The molecular formula is C12H17Br2NO.